The Labute approximate surface area is 78.5 Å². The third kappa shape index (κ3) is 0.932. The molecule has 13 heavy (non-hydrogen) atoms. The second-order valence-corrected chi connectivity index (χ2v) is 4.26. The summed E-state index contributed by atoms with van der Waals surface area (Å²) >= 11 is 0. The summed E-state index contributed by atoms with van der Waals surface area (Å²) < 4.78 is 0. The third-order valence-electron chi connectivity index (χ3n) is 3.10. The lowest BCUT2D eigenvalue weighted by Crippen LogP contribution is -2.30. The second-order valence-electron chi connectivity index (χ2n) is 4.26. The van der Waals surface area contributed by atoms with E-state index in [1.54, 1.807) is 0 Å². The number of nitrogens with one attached hydrogen (secondary N) is 1. The van der Waals surface area contributed by atoms with E-state index in [4.69, 9.17) is 0 Å². The Kier molecular flexibility index (Phi) is 1.20. The van der Waals surface area contributed by atoms with Gasteiger partial charge in [0.2, 0.25) is 0 Å². The lowest BCUT2D eigenvalue weighted by molar-refractivity contribution is 0.621. The highest BCUT2D eigenvalue weighted by Gasteiger charge is 2.33. The van der Waals surface area contributed by atoms with Crippen LogP contribution in [0.25, 0.3) is 5.57 Å². The molecule has 1 unspecified atom stereocenters. The van der Waals surface area contributed by atoms with Gasteiger partial charge in [0.05, 0.1) is 5.54 Å². The first kappa shape index (κ1) is 7.19. The van der Waals surface area contributed by atoms with Crippen LogP contribution in [0, 0.1) is 0 Å². The number of hydrogen-bond donors (Lipinski definition) is 1. The molecule has 1 aromatic carbocycles. The van der Waals surface area contributed by atoms with Crippen molar-refractivity contribution < 1.29 is 0 Å². The predicted molar refractivity (Wildman–Crippen MR) is 55.7 cm³/mol. The largest absolute Gasteiger partial charge is 0.376 e. The molecule has 0 saturated carbocycles. The van der Waals surface area contributed by atoms with Gasteiger partial charge in [-0.05, 0) is 31.4 Å². The topological polar surface area (TPSA) is 12.0 Å². The van der Waals surface area contributed by atoms with Crippen molar-refractivity contribution in [3.8, 4) is 0 Å². The average molecular weight is 171 g/mol. The third-order valence-corrected chi connectivity index (χ3v) is 3.10. The molecule has 66 valence electrons. The van der Waals surface area contributed by atoms with Gasteiger partial charge in [-0.25, -0.2) is 0 Å². The van der Waals surface area contributed by atoms with Gasteiger partial charge in [0.1, 0.15) is 0 Å². The zero-order chi connectivity index (χ0) is 8.89. The fourth-order valence-corrected chi connectivity index (χ4v) is 2.41. The lowest BCUT2D eigenvalue weighted by atomic mass is 9.97. The van der Waals surface area contributed by atoms with Crippen LogP contribution >= 0.6 is 0 Å². The van der Waals surface area contributed by atoms with Crippen LogP contribution in [0.5, 0.6) is 0 Å². The molecule has 0 radical (unpaired) electrons. The molecular weight excluding hydrogens is 158 g/mol. The molecule has 0 saturated heterocycles. The van der Waals surface area contributed by atoms with Crippen LogP contribution in [0.2, 0.25) is 0 Å². The maximum Gasteiger partial charge on any atom is 0.0537 e. The zero-order valence-corrected chi connectivity index (χ0v) is 7.80. The molecule has 1 heteroatoms. The molecular formula is C12H13N. The molecule has 0 amide bonds. The van der Waals surface area contributed by atoms with Gasteiger partial charge in [0, 0.05) is 11.3 Å². The van der Waals surface area contributed by atoms with Gasteiger partial charge in [-0.15, -0.1) is 0 Å². The summed E-state index contributed by atoms with van der Waals surface area (Å²) in [5.74, 6) is 0. The molecule has 0 fully saturated rings. The van der Waals surface area contributed by atoms with Crippen LogP contribution in [-0.4, -0.2) is 5.54 Å². The van der Waals surface area contributed by atoms with E-state index in [0.717, 1.165) is 0 Å². The summed E-state index contributed by atoms with van der Waals surface area (Å²) in [5, 5.41) is 3.59. The van der Waals surface area contributed by atoms with Crippen molar-refractivity contribution in [1.82, 2.24) is 0 Å². The summed E-state index contributed by atoms with van der Waals surface area (Å²) in [5.41, 5.74) is 4.46. The molecule has 1 nitrogen and oxygen atoms in total. The first-order valence-corrected chi connectivity index (χ1v) is 4.86. The molecule has 0 aromatic heterocycles. The minimum atomic E-state index is 0.226. The summed E-state index contributed by atoms with van der Waals surface area (Å²) in [6.07, 6.45) is 4.84. The SMILES string of the molecule is CC12C=C(CC1)c1ccccc1N2. The van der Waals surface area contributed by atoms with E-state index in [1.807, 2.05) is 0 Å². The first-order chi connectivity index (χ1) is 6.27. The van der Waals surface area contributed by atoms with E-state index in [2.05, 4.69) is 42.6 Å². The maximum absolute atomic E-state index is 3.59. The predicted octanol–water partition coefficient (Wildman–Crippen LogP) is 3.05. The van der Waals surface area contributed by atoms with Gasteiger partial charge in [0.25, 0.3) is 0 Å². The standard InChI is InChI=1S/C12H13N/c1-12-7-6-9(8-12)10-4-2-3-5-11(10)13-12/h2-5,8,13H,6-7H2,1H3. The molecule has 1 atom stereocenters. The van der Waals surface area contributed by atoms with E-state index in [1.165, 1.54) is 29.7 Å². The Morgan fingerprint density at radius 3 is 3.08 bits per heavy atom. The minimum absolute atomic E-state index is 0.226. The van der Waals surface area contributed by atoms with E-state index >= 15 is 0 Å². The molecule has 1 aromatic rings. The Morgan fingerprint density at radius 1 is 1.31 bits per heavy atom. The monoisotopic (exact) mass is 171 g/mol. The van der Waals surface area contributed by atoms with Gasteiger partial charge in [-0.3, -0.25) is 0 Å². The Balaban J connectivity index is 2.21. The summed E-state index contributed by atoms with van der Waals surface area (Å²) in [4.78, 5) is 0. The van der Waals surface area contributed by atoms with E-state index in [9.17, 15) is 0 Å². The number of fused-ring (bicyclic) bond motifs is 3. The van der Waals surface area contributed by atoms with E-state index < -0.39 is 0 Å². The lowest BCUT2D eigenvalue weighted by Gasteiger charge is -2.28. The van der Waals surface area contributed by atoms with Crippen molar-refractivity contribution in [3.63, 3.8) is 0 Å². The number of para-hydroxylation sites is 1. The van der Waals surface area contributed by atoms with Gasteiger partial charge in [-0.2, -0.15) is 0 Å². The van der Waals surface area contributed by atoms with Gasteiger partial charge in [0.15, 0.2) is 0 Å². The molecule has 1 aliphatic carbocycles. The molecule has 0 spiro atoms. The van der Waals surface area contributed by atoms with Crippen molar-refractivity contribution in [3.05, 3.63) is 35.9 Å². The summed E-state index contributed by atoms with van der Waals surface area (Å²) in [6.45, 7) is 2.27. The Morgan fingerprint density at radius 2 is 2.15 bits per heavy atom. The number of allylic oxidation sites excluding steroid dienone is 1. The summed E-state index contributed by atoms with van der Waals surface area (Å²) in [7, 11) is 0. The van der Waals surface area contributed by atoms with Crippen LogP contribution in [0.3, 0.4) is 0 Å². The van der Waals surface area contributed by atoms with E-state index in [-0.39, 0.29) is 5.54 Å². The highest BCUT2D eigenvalue weighted by molar-refractivity contribution is 5.83. The maximum atomic E-state index is 3.59. The number of anilines is 1. The van der Waals surface area contributed by atoms with Crippen molar-refractivity contribution in [1.29, 1.82) is 0 Å². The minimum Gasteiger partial charge on any atom is -0.376 e. The first-order valence-electron chi connectivity index (χ1n) is 4.86. The number of benzene rings is 1. The second kappa shape index (κ2) is 2.16. The van der Waals surface area contributed by atoms with Crippen LogP contribution in [-0.2, 0) is 0 Å². The average Bonchev–Trinajstić information content (AvgIpc) is 2.43. The van der Waals surface area contributed by atoms with Crippen LogP contribution in [0.4, 0.5) is 5.69 Å². The molecule has 3 rings (SSSR count). The smallest absolute Gasteiger partial charge is 0.0537 e. The van der Waals surface area contributed by atoms with E-state index in [0.29, 0.717) is 0 Å². The fourth-order valence-electron chi connectivity index (χ4n) is 2.41. The molecule has 1 aliphatic heterocycles. The normalized spacial score (nSPS) is 29.2. The molecule has 2 aliphatic rings. The fraction of sp³-hybridized carbons (Fsp3) is 0.333. The highest BCUT2D eigenvalue weighted by Crippen LogP contribution is 2.43. The van der Waals surface area contributed by atoms with Crippen LogP contribution < -0.4 is 5.32 Å². The summed E-state index contributed by atoms with van der Waals surface area (Å²) in [6, 6.07) is 8.59. The number of hydrogen-bond acceptors (Lipinski definition) is 1. The van der Waals surface area contributed by atoms with Gasteiger partial charge in [-0.1, -0.05) is 24.3 Å². The van der Waals surface area contributed by atoms with Crippen LogP contribution in [0.1, 0.15) is 25.3 Å². The van der Waals surface area contributed by atoms with Crippen molar-refractivity contribution in [2.75, 3.05) is 5.32 Å². The van der Waals surface area contributed by atoms with Gasteiger partial charge < -0.3 is 5.32 Å². The Hall–Kier alpha value is -1.24. The Bertz CT molecular complexity index is 392. The molecule has 1 heterocycles. The quantitative estimate of drug-likeness (QED) is 0.632. The van der Waals surface area contributed by atoms with Crippen molar-refractivity contribution in [2.24, 2.45) is 0 Å². The van der Waals surface area contributed by atoms with Crippen molar-refractivity contribution in [2.45, 2.75) is 25.3 Å². The highest BCUT2D eigenvalue weighted by atomic mass is 15.0. The molecule has 1 N–H and O–H groups in total. The van der Waals surface area contributed by atoms with Gasteiger partial charge >= 0.3 is 0 Å². The molecule has 2 bridgehead atoms. The van der Waals surface area contributed by atoms with Crippen molar-refractivity contribution >= 4 is 11.3 Å². The van der Waals surface area contributed by atoms with Crippen LogP contribution in [0.15, 0.2) is 30.3 Å². The zero-order valence-electron chi connectivity index (χ0n) is 7.80. The number of rotatable bonds is 0.